The summed E-state index contributed by atoms with van der Waals surface area (Å²) in [5.74, 6) is -4.33. The molecule has 0 saturated heterocycles. The fourth-order valence-corrected chi connectivity index (χ4v) is 5.72. The molecule has 0 radical (unpaired) electrons. The number of amides is 1. The number of alkyl halides is 3. The van der Waals surface area contributed by atoms with Gasteiger partial charge in [0.15, 0.2) is 15.5 Å². The number of ether oxygens (including phenoxy) is 3. The van der Waals surface area contributed by atoms with Crippen LogP contribution in [0.4, 0.5) is 34.0 Å². The number of sulfone groups is 1. The number of methoxy groups -OCH3 is 1. The van der Waals surface area contributed by atoms with Crippen LogP contribution < -0.4 is 15.4 Å². The van der Waals surface area contributed by atoms with Crippen molar-refractivity contribution < 1.29 is 64.5 Å². The molecule has 2 heterocycles. The third-order valence-electron chi connectivity index (χ3n) is 8.72. The minimum absolute atomic E-state index is 0.000785. The number of carboxylic acids is 1. The molecule has 0 aliphatic rings. The second-order valence-corrected chi connectivity index (χ2v) is 15.6. The number of ketones is 1. The third-order valence-corrected chi connectivity index (χ3v) is 9.83. The highest BCUT2D eigenvalue weighted by atomic mass is 32.2. The zero-order valence-electron chi connectivity index (χ0n) is 32.2. The van der Waals surface area contributed by atoms with Gasteiger partial charge in [0.1, 0.15) is 17.3 Å². The highest BCUT2D eigenvalue weighted by Crippen LogP contribution is 2.36. The van der Waals surface area contributed by atoms with Crippen molar-refractivity contribution in [3.63, 3.8) is 0 Å². The van der Waals surface area contributed by atoms with Gasteiger partial charge < -0.3 is 25.1 Å². The molecular formula is C39H39F4N5O10S. The molecule has 0 spiro atoms. The molecule has 15 nitrogen and oxygen atoms in total. The zero-order valence-corrected chi connectivity index (χ0v) is 33.0. The van der Waals surface area contributed by atoms with E-state index in [-0.39, 0.29) is 46.8 Å². The van der Waals surface area contributed by atoms with Gasteiger partial charge in [-0.2, -0.15) is 18.2 Å². The predicted molar refractivity (Wildman–Crippen MR) is 204 cm³/mol. The van der Waals surface area contributed by atoms with Crippen LogP contribution in [-0.4, -0.2) is 84.8 Å². The SMILES string of the molecule is COc1cc(S(C)(=O)=O)ccc1N(C(=O)OCOC(=O)C(C)(C)CN)c1nc2ccc(-c3ccc(CC(=O)[C@H](C)c4ccc(F)cc4)cc3)cn2n1.O=C(O)C(F)(F)F. The topological polar surface area (TPSA) is 210 Å². The lowest BCUT2D eigenvalue weighted by atomic mass is 9.92. The summed E-state index contributed by atoms with van der Waals surface area (Å²) >= 11 is 0. The number of carboxylic acid groups (broad SMARTS) is 1. The highest BCUT2D eigenvalue weighted by Gasteiger charge is 2.38. The third kappa shape index (κ3) is 11.6. The minimum Gasteiger partial charge on any atom is -0.495 e. The van der Waals surface area contributed by atoms with Crippen LogP contribution in [0.5, 0.6) is 5.75 Å². The monoisotopic (exact) mass is 845 g/mol. The van der Waals surface area contributed by atoms with Crippen molar-refractivity contribution in [3.8, 4) is 16.9 Å². The zero-order chi connectivity index (χ0) is 43.9. The summed E-state index contributed by atoms with van der Waals surface area (Å²) < 4.78 is 86.9. The van der Waals surface area contributed by atoms with E-state index in [0.717, 1.165) is 33.4 Å². The van der Waals surface area contributed by atoms with Crippen LogP contribution >= 0.6 is 0 Å². The van der Waals surface area contributed by atoms with Gasteiger partial charge in [0.25, 0.3) is 5.95 Å². The lowest BCUT2D eigenvalue weighted by Crippen LogP contribution is -2.36. The number of nitrogens with zero attached hydrogens (tertiary/aromatic N) is 4. The molecule has 5 aromatic rings. The Morgan fingerprint density at radius 1 is 0.932 bits per heavy atom. The summed E-state index contributed by atoms with van der Waals surface area (Å²) in [6, 6.07) is 20.8. The number of hydrogen-bond donors (Lipinski definition) is 2. The van der Waals surface area contributed by atoms with Gasteiger partial charge in [-0.15, -0.1) is 5.10 Å². The van der Waals surface area contributed by atoms with E-state index in [1.54, 1.807) is 45.2 Å². The predicted octanol–water partition coefficient (Wildman–Crippen LogP) is 6.26. The molecule has 0 fully saturated rings. The number of benzene rings is 3. The molecule has 2 aromatic heterocycles. The molecule has 0 saturated carbocycles. The van der Waals surface area contributed by atoms with Crippen LogP contribution in [0, 0.1) is 11.2 Å². The fourth-order valence-electron chi connectivity index (χ4n) is 5.08. The van der Waals surface area contributed by atoms with E-state index in [4.69, 9.17) is 29.8 Å². The molecule has 3 N–H and O–H groups in total. The van der Waals surface area contributed by atoms with E-state index in [1.165, 1.54) is 42.0 Å². The van der Waals surface area contributed by atoms with Gasteiger partial charge in [-0.1, -0.05) is 43.3 Å². The van der Waals surface area contributed by atoms with Gasteiger partial charge in [0.05, 0.1) is 23.1 Å². The first kappa shape index (κ1) is 45.3. The molecule has 59 heavy (non-hydrogen) atoms. The Labute approximate surface area is 335 Å². The number of halogens is 4. The molecule has 3 aromatic carbocycles. The van der Waals surface area contributed by atoms with Crippen LogP contribution in [0.1, 0.15) is 37.8 Å². The molecule has 0 bridgehead atoms. The summed E-state index contributed by atoms with van der Waals surface area (Å²) in [4.78, 5) is 53.2. The second-order valence-electron chi connectivity index (χ2n) is 13.5. The Morgan fingerprint density at radius 3 is 2.10 bits per heavy atom. The molecule has 0 unspecified atom stereocenters. The van der Waals surface area contributed by atoms with E-state index in [9.17, 15) is 40.4 Å². The van der Waals surface area contributed by atoms with Crippen molar-refractivity contribution in [3.05, 3.63) is 102 Å². The van der Waals surface area contributed by atoms with Gasteiger partial charge in [0.2, 0.25) is 6.79 Å². The second kappa shape index (κ2) is 18.5. The summed E-state index contributed by atoms with van der Waals surface area (Å²) in [5.41, 5.74) is 8.17. The van der Waals surface area contributed by atoms with Gasteiger partial charge in [-0.25, -0.2) is 31.8 Å². The van der Waals surface area contributed by atoms with E-state index >= 15 is 0 Å². The number of carbonyl (C=O) groups excluding carboxylic acids is 3. The van der Waals surface area contributed by atoms with Crippen LogP contribution in [-0.2, 0) is 40.1 Å². The summed E-state index contributed by atoms with van der Waals surface area (Å²) in [6.07, 6.45) is -3.18. The Balaban J connectivity index is 0.00000101. The number of fused-ring (bicyclic) bond motifs is 1. The standard InChI is InChI=1S/C37H38FN5O8S.C2HF3O2/c1-23(25-10-13-28(38)14-11-25)31(44)18-24-6-8-26(9-7-24)27-12-17-33-40-35(41-42(33)20-27)43(36(46)51-22-50-34(45)37(2,3)21-39)30-16-15-29(52(5,47)48)19-32(30)49-4;3-2(4,5)1(6)7/h6-17,19-20,23H,18,21-22,39H2,1-5H3;(H,6,7)/t23-;/m1./s1. The van der Waals surface area contributed by atoms with E-state index in [0.29, 0.717) is 5.65 Å². The first-order valence-electron chi connectivity index (χ1n) is 17.3. The van der Waals surface area contributed by atoms with Crippen LogP contribution in [0.3, 0.4) is 0 Å². The van der Waals surface area contributed by atoms with Gasteiger partial charge in [-0.05, 0) is 66.9 Å². The number of nitrogens with two attached hydrogens (primary N) is 1. The van der Waals surface area contributed by atoms with Crippen molar-refractivity contribution in [2.24, 2.45) is 11.1 Å². The van der Waals surface area contributed by atoms with Crippen molar-refractivity contribution >= 4 is 50.9 Å². The molecular weight excluding hydrogens is 807 g/mol. The van der Waals surface area contributed by atoms with Crippen LogP contribution in [0.25, 0.3) is 16.8 Å². The molecule has 20 heteroatoms. The Kier molecular flexibility index (Phi) is 14.2. The number of pyridine rings is 1. The normalized spacial score (nSPS) is 12.2. The summed E-state index contributed by atoms with van der Waals surface area (Å²) in [7, 11) is -2.32. The van der Waals surface area contributed by atoms with Gasteiger partial charge in [0, 0.05) is 43.0 Å². The lowest BCUT2D eigenvalue weighted by Gasteiger charge is -2.22. The van der Waals surface area contributed by atoms with Crippen molar-refractivity contribution in [2.45, 2.75) is 44.2 Å². The van der Waals surface area contributed by atoms with Crippen molar-refractivity contribution in [1.82, 2.24) is 14.6 Å². The summed E-state index contributed by atoms with van der Waals surface area (Å²) in [5, 5.41) is 11.6. The Bertz CT molecular complexity index is 2440. The number of Topliss-reactive ketones (excluding diaryl/α,β-unsaturated/α-hetero) is 1. The number of hydrogen-bond acceptors (Lipinski definition) is 12. The maximum atomic E-state index is 13.6. The number of aliphatic carboxylic acids is 1. The van der Waals surface area contributed by atoms with E-state index in [2.05, 4.69) is 10.1 Å². The Morgan fingerprint density at radius 2 is 1.54 bits per heavy atom. The number of anilines is 2. The van der Waals surface area contributed by atoms with Crippen molar-refractivity contribution in [2.75, 3.05) is 31.6 Å². The lowest BCUT2D eigenvalue weighted by molar-refractivity contribution is -0.192. The summed E-state index contributed by atoms with van der Waals surface area (Å²) in [6.45, 7) is 4.23. The quantitative estimate of drug-likeness (QED) is 0.0763. The van der Waals surface area contributed by atoms with E-state index in [1.807, 2.05) is 30.3 Å². The Hall–Kier alpha value is -6.41. The number of aromatic nitrogens is 3. The van der Waals surface area contributed by atoms with E-state index < -0.39 is 52.2 Å². The molecule has 314 valence electrons. The maximum Gasteiger partial charge on any atom is 0.490 e. The van der Waals surface area contributed by atoms with Gasteiger partial charge in [-0.3, -0.25) is 9.59 Å². The number of carbonyl (C=O) groups is 4. The van der Waals surface area contributed by atoms with Gasteiger partial charge >= 0.3 is 24.2 Å². The molecule has 0 aliphatic heterocycles. The average Bonchev–Trinajstić information content (AvgIpc) is 3.60. The highest BCUT2D eigenvalue weighted by molar-refractivity contribution is 7.90. The molecule has 0 aliphatic carbocycles. The number of esters is 1. The molecule has 1 amide bonds. The maximum absolute atomic E-state index is 13.6. The van der Waals surface area contributed by atoms with Crippen LogP contribution in [0.2, 0.25) is 0 Å². The fraction of sp³-hybridized carbons (Fsp3) is 0.282. The van der Waals surface area contributed by atoms with Crippen LogP contribution in [0.15, 0.2) is 90.0 Å². The smallest absolute Gasteiger partial charge is 0.490 e. The largest absolute Gasteiger partial charge is 0.495 e. The molecule has 1 atom stereocenters. The first-order valence-corrected chi connectivity index (χ1v) is 19.2. The molecule has 5 rings (SSSR count). The van der Waals surface area contributed by atoms with Crippen molar-refractivity contribution in [1.29, 1.82) is 0 Å². The average molecular weight is 846 g/mol. The minimum atomic E-state index is -5.08. The first-order chi connectivity index (χ1) is 27.5. The number of rotatable bonds is 13.